The molecule has 3 aromatic rings. The van der Waals surface area contributed by atoms with Crippen LogP contribution in [0.15, 0.2) is 52.9 Å². The Morgan fingerprint density at radius 3 is 2.47 bits per heavy atom. The molecule has 0 unspecified atom stereocenters. The fourth-order valence-corrected chi connectivity index (χ4v) is 2.95. The summed E-state index contributed by atoms with van der Waals surface area (Å²) in [5.41, 5.74) is 0.993. The first-order chi connectivity index (χ1) is 14.1. The fraction of sp³-hybridized carbons (Fsp3) is 0.417. The van der Waals surface area contributed by atoms with E-state index in [1.54, 1.807) is 13.8 Å². The molecule has 0 aliphatic carbocycles. The third-order valence-corrected chi connectivity index (χ3v) is 4.42. The number of carbonyl (C=O) groups is 1. The fourth-order valence-electron chi connectivity index (χ4n) is 2.95. The van der Waals surface area contributed by atoms with Crippen molar-refractivity contribution in [1.29, 1.82) is 0 Å². The quantitative estimate of drug-likeness (QED) is 0.397. The van der Waals surface area contributed by atoms with E-state index in [4.69, 9.17) is 13.9 Å². The van der Waals surface area contributed by atoms with Gasteiger partial charge in [0.05, 0.1) is 0 Å². The van der Waals surface area contributed by atoms with Crippen LogP contribution >= 0.6 is 0 Å². The number of oxazole rings is 1. The van der Waals surface area contributed by atoms with Gasteiger partial charge < -0.3 is 19.2 Å². The molecule has 1 N–H and O–H groups in total. The maximum absolute atomic E-state index is 12.5. The molecule has 0 amide bonds. The summed E-state index contributed by atoms with van der Waals surface area (Å²) in [4.78, 5) is 16.9. The molecule has 3 rings (SSSR count). The summed E-state index contributed by atoms with van der Waals surface area (Å²) in [6.07, 6.45) is 1.64. The minimum atomic E-state index is -1.08. The molecule has 30 heavy (non-hydrogen) atoms. The first kappa shape index (κ1) is 21.7. The summed E-state index contributed by atoms with van der Waals surface area (Å²) in [5.74, 6) is 0.303. The van der Waals surface area contributed by atoms with Crippen molar-refractivity contribution in [2.24, 2.45) is 0 Å². The predicted molar refractivity (Wildman–Crippen MR) is 118 cm³/mol. The molecule has 0 atom stereocenters. The lowest BCUT2D eigenvalue weighted by Gasteiger charge is -2.29. The molecule has 0 aliphatic heterocycles. The van der Waals surface area contributed by atoms with Crippen LogP contribution in [0.5, 0.6) is 5.75 Å². The van der Waals surface area contributed by atoms with Crippen molar-refractivity contribution < 1.29 is 18.7 Å². The molecule has 2 aromatic carbocycles. The van der Waals surface area contributed by atoms with E-state index in [9.17, 15) is 4.79 Å². The summed E-state index contributed by atoms with van der Waals surface area (Å²) in [6.45, 7) is 9.70. The summed E-state index contributed by atoms with van der Waals surface area (Å²) in [5, 5.41) is 3.22. The van der Waals surface area contributed by atoms with Gasteiger partial charge in [0.2, 0.25) is 0 Å². The highest BCUT2D eigenvalue weighted by Crippen LogP contribution is 2.26. The predicted octanol–water partition coefficient (Wildman–Crippen LogP) is 5.37. The number of hydrogen-bond donors (Lipinski definition) is 1. The zero-order valence-corrected chi connectivity index (χ0v) is 18.3. The Morgan fingerprint density at radius 2 is 1.73 bits per heavy atom. The van der Waals surface area contributed by atoms with Crippen molar-refractivity contribution in [2.45, 2.75) is 58.7 Å². The van der Waals surface area contributed by atoms with Crippen LogP contribution in [0.2, 0.25) is 0 Å². The molecular weight excluding hydrogens is 380 g/mol. The Labute approximate surface area is 177 Å². The number of esters is 1. The van der Waals surface area contributed by atoms with E-state index in [1.807, 2.05) is 69.3 Å². The normalized spacial score (nSPS) is 12.0. The Hall–Kier alpha value is -3.02. The topological polar surface area (TPSA) is 73.6 Å². The largest absolute Gasteiger partial charge is 0.476 e. The van der Waals surface area contributed by atoms with Gasteiger partial charge in [0, 0.05) is 6.54 Å². The van der Waals surface area contributed by atoms with Crippen molar-refractivity contribution in [2.75, 3.05) is 11.9 Å². The van der Waals surface area contributed by atoms with E-state index in [0.717, 1.165) is 29.5 Å². The van der Waals surface area contributed by atoms with Crippen molar-refractivity contribution in [3.8, 4) is 5.75 Å². The van der Waals surface area contributed by atoms with Crippen LogP contribution in [-0.4, -0.2) is 28.7 Å². The van der Waals surface area contributed by atoms with Gasteiger partial charge in [0.15, 0.2) is 11.2 Å². The van der Waals surface area contributed by atoms with Gasteiger partial charge in [-0.25, -0.2) is 4.79 Å². The lowest BCUT2D eigenvalue weighted by Crippen LogP contribution is -2.43. The smallest absolute Gasteiger partial charge is 0.350 e. The van der Waals surface area contributed by atoms with Crippen molar-refractivity contribution in [3.05, 3.63) is 54.1 Å². The van der Waals surface area contributed by atoms with E-state index < -0.39 is 11.2 Å². The Morgan fingerprint density at radius 1 is 1.03 bits per heavy atom. The van der Waals surface area contributed by atoms with Gasteiger partial charge in [0.25, 0.3) is 6.01 Å². The van der Waals surface area contributed by atoms with Gasteiger partial charge in [0.1, 0.15) is 16.9 Å². The number of ether oxygens (including phenoxy) is 2. The average molecular weight is 411 g/mol. The van der Waals surface area contributed by atoms with Crippen LogP contribution in [0, 0.1) is 0 Å². The van der Waals surface area contributed by atoms with E-state index in [1.165, 1.54) is 0 Å². The van der Waals surface area contributed by atoms with Crippen molar-refractivity contribution in [3.63, 3.8) is 0 Å². The first-order valence-corrected chi connectivity index (χ1v) is 10.2. The number of nitrogens with zero attached hydrogens (tertiary/aromatic N) is 1. The molecule has 160 valence electrons. The molecule has 1 aromatic heterocycles. The monoisotopic (exact) mass is 410 g/mol. The molecule has 6 heteroatoms. The molecule has 0 aliphatic rings. The molecule has 1 heterocycles. The number of aryl methyl sites for hydroxylation is 1. The SMILES string of the molecule is CC(C)(C)OC(=O)C(C)(C)Oc1ccccc1CCCNc1nc2ccccc2o1. The van der Waals surface area contributed by atoms with E-state index in [2.05, 4.69) is 10.3 Å². The average Bonchev–Trinajstić information content (AvgIpc) is 3.07. The highest BCUT2D eigenvalue weighted by Gasteiger charge is 2.35. The first-order valence-electron chi connectivity index (χ1n) is 10.2. The third kappa shape index (κ3) is 5.75. The van der Waals surface area contributed by atoms with Crippen LogP contribution in [0.25, 0.3) is 11.1 Å². The Bertz CT molecular complexity index is 969. The Balaban J connectivity index is 1.57. The van der Waals surface area contributed by atoms with Crippen LogP contribution in [-0.2, 0) is 16.0 Å². The van der Waals surface area contributed by atoms with Crippen LogP contribution < -0.4 is 10.1 Å². The lowest BCUT2D eigenvalue weighted by molar-refractivity contribution is -0.171. The van der Waals surface area contributed by atoms with Gasteiger partial charge in [-0.15, -0.1) is 0 Å². The lowest BCUT2D eigenvalue weighted by atomic mass is 10.1. The second-order valence-corrected chi connectivity index (χ2v) is 8.74. The van der Waals surface area contributed by atoms with E-state index in [0.29, 0.717) is 18.3 Å². The highest BCUT2D eigenvalue weighted by molar-refractivity contribution is 5.79. The molecule has 6 nitrogen and oxygen atoms in total. The van der Waals surface area contributed by atoms with Gasteiger partial charge in [-0.05, 0) is 71.2 Å². The molecule has 0 saturated carbocycles. The highest BCUT2D eigenvalue weighted by atomic mass is 16.6. The van der Waals surface area contributed by atoms with Gasteiger partial charge in [-0.2, -0.15) is 4.98 Å². The number of anilines is 1. The van der Waals surface area contributed by atoms with E-state index in [-0.39, 0.29) is 5.97 Å². The number of rotatable bonds is 8. The minimum absolute atomic E-state index is 0.387. The third-order valence-electron chi connectivity index (χ3n) is 4.42. The Kier molecular flexibility index (Phi) is 6.34. The zero-order chi connectivity index (χ0) is 21.8. The van der Waals surface area contributed by atoms with Gasteiger partial charge in [-0.3, -0.25) is 0 Å². The summed E-state index contributed by atoms with van der Waals surface area (Å²) in [7, 11) is 0. The van der Waals surface area contributed by atoms with Gasteiger partial charge in [-0.1, -0.05) is 30.3 Å². The van der Waals surface area contributed by atoms with Crippen LogP contribution in [0.1, 0.15) is 46.6 Å². The van der Waals surface area contributed by atoms with Crippen molar-refractivity contribution >= 4 is 23.1 Å². The van der Waals surface area contributed by atoms with Gasteiger partial charge >= 0.3 is 5.97 Å². The zero-order valence-electron chi connectivity index (χ0n) is 18.3. The molecule has 0 radical (unpaired) electrons. The molecular formula is C24H30N2O4. The summed E-state index contributed by atoms with van der Waals surface area (Å²) in [6, 6.07) is 16.0. The van der Waals surface area contributed by atoms with Crippen molar-refractivity contribution in [1.82, 2.24) is 4.98 Å². The van der Waals surface area contributed by atoms with Crippen LogP contribution in [0.4, 0.5) is 6.01 Å². The number of hydrogen-bond acceptors (Lipinski definition) is 6. The summed E-state index contributed by atoms with van der Waals surface area (Å²) < 4.78 is 17.2. The molecule has 0 spiro atoms. The number of nitrogens with one attached hydrogen (secondary N) is 1. The van der Waals surface area contributed by atoms with E-state index >= 15 is 0 Å². The maximum Gasteiger partial charge on any atom is 0.350 e. The number of fused-ring (bicyclic) bond motifs is 1. The number of para-hydroxylation sites is 3. The molecule has 0 bridgehead atoms. The standard InChI is InChI=1S/C24H30N2O4/c1-23(2,3)30-21(27)24(4,5)29-19-14-8-6-11-17(19)12-10-16-25-22-26-18-13-7-9-15-20(18)28-22/h6-9,11,13-15H,10,12,16H2,1-5H3,(H,25,26). The second-order valence-electron chi connectivity index (χ2n) is 8.74. The maximum atomic E-state index is 12.5. The number of carbonyl (C=O) groups excluding carboxylic acids is 1. The number of aromatic nitrogens is 1. The second kappa shape index (κ2) is 8.78. The van der Waals surface area contributed by atoms with Crippen LogP contribution in [0.3, 0.4) is 0 Å². The molecule has 0 saturated heterocycles. The summed E-state index contributed by atoms with van der Waals surface area (Å²) >= 11 is 0. The number of benzene rings is 2. The molecule has 0 fully saturated rings. The minimum Gasteiger partial charge on any atom is -0.476 e.